The van der Waals surface area contributed by atoms with E-state index in [4.69, 9.17) is 28.5 Å². The number of benzene rings is 1. The lowest BCUT2D eigenvalue weighted by atomic mass is 10.1. The molecule has 0 radical (unpaired) electrons. The second-order valence-electron chi connectivity index (χ2n) is 3.12. The van der Waals surface area contributed by atoms with Gasteiger partial charge in [0.25, 0.3) is 0 Å². The van der Waals surface area contributed by atoms with E-state index in [1.54, 1.807) is 17.8 Å². The molecule has 1 aromatic carbocycles. The molecule has 15 heavy (non-hydrogen) atoms. The molecule has 80 valence electrons. The molecule has 1 atom stereocenters. The molecule has 1 rings (SSSR count). The number of hydrogen-bond donors (Lipinski definition) is 0. The summed E-state index contributed by atoms with van der Waals surface area (Å²) in [6.45, 7) is 2.01. The minimum Gasteiger partial charge on any atom is -0.198 e. The fraction of sp³-hybridized carbons (Fsp3) is 0.364. The maximum atomic E-state index is 8.80. The van der Waals surface area contributed by atoms with Crippen molar-refractivity contribution in [3.05, 3.63) is 28.2 Å². The molecule has 0 aliphatic carbocycles. The highest BCUT2D eigenvalue weighted by molar-refractivity contribution is 7.99. The Balaban J connectivity index is 2.62. The predicted octanol–water partition coefficient (Wildman–Crippen LogP) is 4.64. The fourth-order valence-corrected chi connectivity index (χ4v) is 2.65. The van der Waals surface area contributed by atoms with Crippen molar-refractivity contribution in [2.24, 2.45) is 5.92 Å². The first-order valence-electron chi connectivity index (χ1n) is 4.64. The second kappa shape index (κ2) is 6.27. The van der Waals surface area contributed by atoms with Crippen LogP contribution < -0.4 is 0 Å². The number of hydrogen-bond acceptors (Lipinski definition) is 2. The first-order chi connectivity index (χ1) is 7.17. The summed E-state index contributed by atoms with van der Waals surface area (Å²) in [5.41, 5.74) is 0. The Kier molecular flexibility index (Phi) is 5.31. The van der Waals surface area contributed by atoms with Crippen molar-refractivity contribution in [1.29, 1.82) is 5.26 Å². The molecule has 1 unspecified atom stereocenters. The van der Waals surface area contributed by atoms with Gasteiger partial charge in [-0.3, -0.25) is 0 Å². The molecular weight excluding hydrogens is 249 g/mol. The van der Waals surface area contributed by atoms with E-state index in [2.05, 4.69) is 6.07 Å². The van der Waals surface area contributed by atoms with Gasteiger partial charge in [0.2, 0.25) is 0 Å². The zero-order valence-corrected chi connectivity index (χ0v) is 10.7. The maximum Gasteiger partial charge on any atom is 0.0664 e. The number of nitrogens with zero attached hydrogens (tertiary/aromatic N) is 1. The van der Waals surface area contributed by atoms with Crippen LogP contribution in [0.2, 0.25) is 10.0 Å². The molecule has 0 saturated carbocycles. The molecular formula is C11H11Cl2NS. The van der Waals surface area contributed by atoms with Crippen molar-refractivity contribution in [3.8, 4) is 6.07 Å². The molecule has 0 spiro atoms. The van der Waals surface area contributed by atoms with E-state index in [-0.39, 0.29) is 5.92 Å². The van der Waals surface area contributed by atoms with E-state index < -0.39 is 0 Å². The van der Waals surface area contributed by atoms with E-state index >= 15 is 0 Å². The van der Waals surface area contributed by atoms with E-state index in [9.17, 15) is 0 Å². The van der Waals surface area contributed by atoms with Crippen LogP contribution in [0, 0.1) is 17.2 Å². The molecule has 0 aliphatic rings. The summed E-state index contributed by atoms with van der Waals surface area (Å²) in [5, 5.41) is 10.1. The zero-order valence-electron chi connectivity index (χ0n) is 8.34. The average molecular weight is 260 g/mol. The van der Waals surface area contributed by atoms with Crippen LogP contribution in [-0.4, -0.2) is 5.75 Å². The third-order valence-electron chi connectivity index (χ3n) is 2.01. The molecule has 0 saturated heterocycles. The number of halogens is 2. The summed E-state index contributed by atoms with van der Waals surface area (Å²) in [5.74, 6) is 0.857. The first-order valence-corrected chi connectivity index (χ1v) is 6.39. The summed E-state index contributed by atoms with van der Waals surface area (Å²) in [7, 11) is 0. The quantitative estimate of drug-likeness (QED) is 0.736. The maximum absolute atomic E-state index is 8.80. The zero-order chi connectivity index (χ0) is 11.3. The smallest absolute Gasteiger partial charge is 0.0664 e. The molecule has 1 aromatic rings. The largest absolute Gasteiger partial charge is 0.198 e. The normalized spacial score (nSPS) is 12.1. The Morgan fingerprint density at radius 3 is 2.73 bits per heavy atom. The molecule has 0 N–H and O–H groups in total. The predicted molar refractivity (Wildman–Crippen MR) is 66.6 cm³/mol. The van der Waals surface area contributed by atoms with Crippen molar-refractivity contribution in [2.75, 3.05) is 5.75 Å². The van der Waals surface area contributed by atoms with Gasteiger partial charge in [-0.05, 0) is 24.6 Å². The second-order valence-corrected chi connectivity index (χ2v) is 5.03. The summed E-state index contributed by atoms with van der Waals surface area (Å²) < 4.78 is 0. The molecule has 0 fully saturated rings. The van der Waals surface area contributed by atoms with E-state index in [0.717, 1.165) is 17.1 Å². The van der Waals surface area contributed by atoms with Crippen molar-refractivity contribution in [3.63, 3.8) is 0 Å². The van der Waals surface area contributed by atoms with Crippen LogP contribution in [-0.2, 0) is 0 Å². The molecule has 0 aliphatic heterocycles. The highest BCUT2D eigenvalue weighted by Gasteiger charge is 2.07. The Bertz CT molecular complexity index is 373. The molecule has 0 heterocycles. The summed E-state index contributed by atoms with van der Waals surface area (Å²) >= 11 is 13.4. The van der Waals surface area contributed by atoms with Gasteiger partial charge in [-0.2, -0.15) is 5.26 Å². The van der Waals surface area contributed by atoms with Crippen molar-refractivity contribution in [2.45, 2.75) is 18.2 Å². The van der Waals surface area contributed by atoms with Gasteiger partial charge in [0.1, 0.15) is 0 Å². The van der Waals surface area contributed by atoms with Crippen molar-refractivity contribution >= 4 is 35.0 Å². The van der Waals surface area contributed by atoms with Crippen LogP contribution in [0.4, 0.5) is 0 Å². The van der Waals surface area contributed by atoms with Gasteiger partial charge in [-0.25, -0.2) is 0 Å². The van der Waals surface area contributed by atoms with Crippen LogP contribution in [0.1, 0.15) is 13.3 Å². The minimum absolute atomic E-state index is 0.0849. The fourth-order valence-electron chi connectivity index (χ4n) is 1.03. The van der Waals surface area contributed by atoms with Crippen LogP contribution in [0.5, 0.6) is 0 Å². The van der Waals surface area contributed by atoms with E-state index in [1.807, 2.05) is 19.1 Å². The van der Waals surface area contributed by atoms with E-state index in [0.29, 0.717) is 10.0 Å². The Morgan fingerprint density at radius 2 is 2.20 bits per heavy atom. The lowest BCUT2D eigenvalue weighted by Crippen LogP contribution is -1.97. The topological polar surface area (TPSA) is 23.8 Å². The van der Waals surface area contributed by atoms with Gasteiger partial charge < -0.3 is 0 Å². The number of rotatable bonds is 4. The molecule has 1 nitrogen and oxygen atoms in total. The third kappa shape index (κ3) is 3.95. The Morgan fingerprint density at radius 1 is 1.47 bits per heavy atom. The number of nitriles is 1. The summed E-state index contributed by atoms with van der Waals surface area (Å²) in [6, 6.07) is 7.68. The highest BCUT2D eigenvalue weighted by Crippen LogP contribution is 2.31. The highest BCUT2D eigenvalue weighted by atomic mass is 35.5. The van der Waals surface area contributed by atoms with Crippen LogP contribution in [0.25, 0.3) is 0 Å². The average Bonchev–Trinajstić information content (AvgIpc) is 2.22. The molecule has 4 heteroatoms. The van der Waals surface area contributed by atoms with Gasteiger partial charge >= 0.3 is 0 Å². The summed E-state index contributed by atoms with van der Waals surface area (Å²) in [6.07, 6.45) is 0.870. The van der Waals surface area contributed by atoms with Gasteiger partial charge in [-0.15, -0.1) is 11.8 Å². The molecule has 0 amide bonds. The third-order valence-corrected chi connectivity index (χ3v) is 3.91. The van der Waals surface area contributed by atoms with Crippen LogP contribution >= 0.6 is 35.0 Å². The molecule has 0 aromatic heterocycles. The lowest BCUT2D eigenvalue weighted by molar-refractivity contribution is 0.724. The van der Waals surface area contributed by atoms with Crippen LogP contribution in [0.3, 0.4) is 0 Å². The lowest BCUT2D eigenvalue weighted by Gasteiger charge is -2.07. The Hall–Kier alpha value is -0.360. The van der Waals surface area contributed by atoms with Crippen LogP contribution in [0.15, 0.2) is 23.1 Å². The minimum atomic E-state index is 0.0849. The van der Waals surface area contributed by atoms with Crippen molar-refractivity contribution < 1.29 is 0 Å². The Labute approximate surface area is 104 Å². The van der Waals surface area contributed by atoms with Gasteiger partial charge in [0.05, 0.1) is 17.0 Å². The van der Waals surface area contributed by atoms with Crippen molar-refractivity contribution in [1.82, 2.24) is 0 Å². The van der Waals surface area contributed by atoms with Gasteiger partial charge in [-0.1, -0.05) is 30.1 Å². The summed E-state index contributed by atoms with van der Waals surface area (Å²) in [4.78, 5) is 0.981. The van der Waals surface area contributed by atoms with Gasteiger partial charge in [0.15, 0.2) is 0 Å². The monoisotopic (exact) mass is 259 g/mol. The standard InChI is InChI=1S/C11H11Cl2NS/c1-2-8(6-14)7-15-11-4-3-9(12)5-10(11)13/h3-5,8H,2,7H2,1H3. The molecule has 0 bridgehead atoms. The van der Waals surface area contributed by atoms with E-state index in [1.165, 1.54) is 0 Å². The first kappa shape index (κ1) is 12.7. The number of thioether (sulfide) groups is 1. The van der Waals surface area contributed by atoms with Gasteiger partial charge in [0, 0.05) is 15.7 Å². The SMILES string of the molecule is CCC(C#N)CSc1ccc(Cl)cc1Cl.